The molecule has 0 aromatic heterocycles. The van der Waals surface area contributed by atoms with Crippen LogP contribution in [0.15, 0.2) is 27.6 Å². The summed E-state index contributed by atoms with van der Waals surface area (Å²) in [5.41, 5.74) is -0.127. The van der Waals surface area contributed by atoms with Crippen molar-refractivity contribution in [3.63, 3.8) is 0 Å². The molecule has 0 bridgehead atoms. The topological polar surface area (TPSA) is 37.3 Å². The first-order valence-electron chi connectivity index (χ1n) is 4.02. The minimum atomic E-state index is -4.32. The van der Waals surface area contributed by atoms with Gasteiger partial charge < -0.3 is 5.11 Å². The first-order valence-corrected chi connectivity index (χ1v) is 5.80. The van der Waals surface area contributed by atoms with Gasteiger partial charge in [0, 0.05) is 9.37 Å². The number of thioether (sulfide) groups is 1. The van der Waals surface area contributed by atoms with E-state index in [-0.39, 0.29) is 10.5 Å². The largest absolute Gasteiger partial charge is 0.478 e. The number of halogens is 4. The fraction of sp³-hybridized carbons (Fsp3) is 0.222. The third-order valence-corrected chi connectivity index (χ3v) is 3.18. The Morgan fingerprint density at radius 2 is 2.06 bits per heavy atom. The van der Waals surface area contributed by atoms with Gasteiger partial charge in [-0.2, -0.15) is 13.2 Å². The Labute approximate surface area is 102 Å². The second kappa shape index (κ2) is 5.09. The molecule has 7 heteroatoms. The number of rotatable bonds is 3. The molecule has 88 valence electrons. The average molecular weight is 315 g/mol. The van der Waals surface area contributed by atoms with Gasteiger partial charge in [0.25, 0.3) is 0 Å². The van der Waals surface area contributed by atoms with E-state index in [0.717, 1.165) is 0 Å². The van der Waals surface area contributed by atoms with Crippen molar-refractivity contribution < 1.29 is 23.1 Å². The molecular weight excluding hydrogens is 309 g/mol. The fourth-order valence-electron chi connectivity index (χ4n) is 0.952. The van der Waals surface area contributed by atoms with Crippen LogP contribution in [0.1, 0.15) is 10.4 Å². The van der Waals surface area contributed by atoms with E-state index in [2.05, 4.69) is 15.9 Å². The Kier molecular flexibility index (Phi) is 4.26. The lowest BCUT2D eigenvalue weighted by Crippen LogP contribution is -2.11. The average Bonchev–Trinajstić information content (AvgIpc) is 2.13. The van der Waals surface area contributed by atoms with E-state index in [1.165, 1.54) is 18.2 Å². The summed E-state index contributed by atoms with van der Waals surface area (Å²) in [5.74, 6) is -2.35. The van der Waals surface area contributed by atoms with E-state index >= 15 is 0 Å². The Morgan fingerprint density at radius 1 is 1.44 bits per heavy atom. The van der Waals surface area contributed by atoms with Gasteiger partial charge in [0.05, 0.1) is 11.3 Å². The zero-order chi connectivity index (χ0) is 12.3. The molecular formula is C9H6BrF3O2S. The summed E-state index contributed by atoms with van der Waals surface area (Å²) in [4.78, 5) is 10.8. The maximum Gasteiger partial charge on any atom is 0.398 e. The van der Waals surface area contributed by atoms with Crippen LogP contribution in [0, 0.1) is 0 Å². The number of alkyl halides is 3. The molecule has 0 spiro atoms. The van der Waals surface area contributed by atoms with Crippen LogP contribution in [-0.2, 0) is 0 Å². The zero-order valence-corrected chi connectivity index (χ0v) is 10.1. The second-order valence-corrected chi connectivity index (χ2v) is 4.78. The molecule has 0 radical (unpaired) electrons. The molecule has 0 aliphatic carbocycles. The fourth-order valence-corrected chi connectivity index (χ4v) is 2.30. The van der Waals surface area contributed by atoms with E-state index in [4.69, 9.17) is 5.11 Å². The lowest BCUT2D eigenvalue weighted by atomic mass is 10.2. The Morgan fingerprint density at radius 3 is 2.56 bits per heavy atom. The van der Waals surface area contributed by atoms with Crippen LogP contribution in [0.2, 0.25) is 0 Å². The number of carboxylic acids is 1. The standard InChI is InChI=1S/C9H6BrF3O2S/c10-5-1-2-6(8(14)15)7(3-5)16-4-9(11,12)13/h1-3H,4H2,(H,14,15). The van der Waals surface area contributed by atoms with Gasteiger partial charge >= 0.3 is 12.1 Å². The van der Waals surface area contributed by atoms with E-state index in [9.17, 15) is 18.0 Å². The molecule has 16 heavy (non-hydrogen) atoms. The van der Waals surface area contributed by atoms with Crippen molar-refractivity contribution in [1.82, 2.24) is 0 Å². The summed E-state index contributed by atoms with van der Waals surface area (Å²) in [7, 11) is 0. The first kappa shape index (κ1) is 13.4. The van der Waals surface area contributed by atoms with E-state index in [0.29, 0.717) is 16.2 Å². The van der Waals surface area contributed by atoms with Gasteiger partial charge in [-0.25, -0.2) is 4.79 Å². The summed E-state index contributed by atoms with van der Waals surface area (Å²) in [5, 5.41) is 8.78. The predicted octanol–water partition coefficient (Wildman–Crippen LogP) is 3.80. The highest BCUT2D eigenvalue weighted by molar-refractivity contribution is 9.10. The molecule has 2 nitrogen and oxygen atoms in total. The Bertz CT molecular complexity index is 406. The molecule has 1 N–H and O–H groups in total. The van der Waals surface area contributed by atoms with Gasteiger partial charge in [0.15, 0.2) is 0 Å². The van der Waals surface area contributed by atoms with Crippen LogP contribution in [0.5, 0.6) is 0 Å². The molecule has 0 saturated carbocycles. The maximum atomic E-state index is 12.0. The first-order chi connectivity index (χ1) is 7.29. The van der Waals surface area contributed by atoms with Crippen molar-refractivity contribution in [2.24, 2.45) is 0 Å². The van der Waals surface area contributed by atoms with E-state index < -0.39 is 17.9 Å². The normalized spacial score (nSPS) is 11.5. The number of carbonyl (C=O) groups is 1. The zero-order valence-electron chi connectivity index (χ0n) is 7.71. The monoisotopic (exact) mass is 314 g/mol. The highest BCUT2D eigenvalue weighted by Gasteiger charge is 2.28. The lowest BCUT2D eigenvalue weighted by molar-refractivity contribution is -0.105. The third kappa shape index (κ3) is 4.05. The third-order valence-electron chi connectivity index (χ3n) is 1.57. The number of hydrogen-bond acceptors (Lipinski definition) is 2. The van der Waals surface area contributed by atoms with Crippen molar-refractivity contribution in [2.75, 3.05) is 5.75 Å². The molecule has 1 rings (SSSR count). The number of benzene rings is 1. The summed E-state index contributed by atoms with van der Waals surface area (Å²) in [6, 6.07) is 4.10. The highest BCUT2D eigenvalue weighted by atomic mass is 79.9. The van der Waals surface area contributed by atoms with Crippen molar-refractivity contribution in [2.45, 2.75) is 11.1 Å². The molecule has 1 aromatic rings. The van der Waals surface area contributed by atoms with Gasteiger partial charge in [-0.15, -0.1) is 11.8 Å². The molecule has 0 atom stereocenters. The predicted molar refractivity (Wildman–Crippen MR) is 57.9 cm³/mol. The molecule has 0 saturated heterocycles. The van der Waals surface area contributed by atoms with Crippen LogP contribution in [0.4, 0.5) is 13.2 Å². The quantitative estimate of drug-likeness (QED) is 0.862. The van der Waals surface area contributed by atoms with Crippen LogP contribution in [0.3, 0.4) is 0 Å². The van der Waals surface area contributed by atoms with E-state index in [1.54, 1.807) is 0 Å². The maximum absolute atomic E-state index is 12.0. The molecule has 1 aromatic carbocycles. The van der Waals surface area contributed by atoms with Gasteiger partial charge in [-0.3, -0.25) is 0 Å². The molecule has 0 aliphatic rings. The van der Waals surface area contributed by atoms with Crippen LogP contribution in [-0.4, -0.2) is 23.0 Å². The highest BCUT2D eigenvalue weighted by Crippen LogP contribution is 2.31. The van der Waals surface area contributed by atoms with Gasteiger partial charge in [0.1, 0.15) is 0 Å². The van der Waals surface area contributed by atoms with Crippen molar-refractivity contribution in [3.05, 3.63) is 28.2 Å². The lowest BCUT2D eigenvalue weighted by Gasteiger charge is -2.08. The van der Waals surface area contributed by atoms with Crippen molar-refractivity contribution in [3.8, 4) is 0 Å². The molecule has 0 fully saturated rings. The summed E-state index contributed by atoms with van der Waals surface area (Å²) >= 11 is 3.54. The second-order valence-electron chi connectivity index (χ2n) is 2.85. The van der Waals surface area contributed by atoms with E-state index in [1.807, 2.05) is 0 Å². The Balaban J connectivity index is 2.93. The van der Waals surface area contributed by atoms with Crippen LogP contribution >= 0.6 is 27.7 Å². The summed E-state index contributed by atoms with van der Waals surface area (Å²) < 4.78 is 36.5. The van der Waals surface area contributed by atoms with Crippen molar-refractivity contribution >= 4 is 33.7 Å². The summed E-state index contributed by atoms with van der Waals surface area (Å²) in [6.07, 6.45) is -4.32. The van der Waals surface area contributed by atoms with Crippen LogP contribution in [0.25, 0.3) is 0 Å². The summed E-state index contributed by atoms with van der Waals surface area (Å²) in [6.45, 7) is 0. The molecule has 0 amide bonds. The van der Waals surface area contributed by atoms with Gasteiger partial charge in [0.2, 0.25) is 0 Å². The van der Waals surface area contributed by atoms with Crippen LogP contribution < -0.4 is 0 Å². The number of carboxylic acid groups (broad SMARTS) is 1. The Hall–Kier alpha value is -0.690. The molecule has 0 heterocycles. The number of hydrogen-bond donors (Lipinski definition) is 1. The van der Waals surface area contributed by atoms with Gasteiger partial charge in [-0.05, 0) is 18.2 Å². The minimum Gasteiger partial charge on any atom is -0.478 e. The molecule has 0 aliphatic heterocycles. The molecule has 0 unspecified atom stereocenters. The minimum absolute atomic E-state index is 0.0965. The van der Waals surface area contributed by atoms with Gasteiger partial charge in [-0.1, -0.05) is 15.9 Å². The van der Waals surface area contributed by atoms with Crippen molar-refractivity contribution in [1.29, 1.82) is 0 Å². The smallest absolute Gasteiger partial charge is 0.398 e. The number of aromatic carboxylic acids is 1. The SMILES string of the molecule is O=C(O)c1ccc(Br)cc1SCC(F)(F)F.